The molecule has 2 aromatic carbocycles. The molecule has 164 valence electrons. The molecule has 0 saturated carbocycles. The number of halogens is 1. The Hall–Kier alpha value is -0.510. The van der Waals surface area contributed by atoms with Crippen molar-refractivity contribution in [3.8, 4) is 0 Å². The Morgan fingerprint density at radius 3 is 2.23 bits per heavy atom. The molecule has 7 nitrogen and oxygen atoms in total. The Labute approximate surface area is 196 Å². The number of aryl methyl sites for hydroxylation is 1. The molecule has 0 radical (unpaired) electrons. The van der Waals surface area contributed by atoms with E-state index in [0.717, 1.165) is 26.3 Å². The van der Waals surface area contributed by atoms with Crippen LogP contribution < -0.4 is 0 Å². The molecule has 0 aliphatic carbocycles. The molecular formula is C18H20INO6S4. The quantitative estimate of drug-likeness (QED) is 0.222. The van der Waals surface area contributed by atoms with Crippen LogP contribution in [0.25, 0.3) is 0 Å². The molecule has 1 aliphatic heterocycles. The summed E-state index contributed by atoms with van der Waals surface area (Å²) >= 11 is 2.20. The lowest BCUT2D eigenvalue weighted by atomic mass is 10.2. The third-order valence-corrected chi connectivity index (χ3v) is 10.9. The molecular weight excluding hydrogens is 581 g/mol. The van der Waals surface area contributed by atoms with E-state index in [4.69, 9.17) is 13.1 Å². The van der Waals surface area contributed by atoms with E-state index in [0.29, 0.717) is 0 Å². The van der Waals surface area contributed by atoms with E-state index in [-0.39, 0.29) is 21.3 Å². The Kier molecular flexibility index (Phi) is 8.02. The van der Waals surface area contributed by atoms with Crippen molar-refractivity contribution >= 4 is 63.3 Å². The SMILES string of the molecule is Cc1ccc(S(=O)(=O)OC2CSS(=O)CC2OS(=N)(=O)c2ccc(CI)cc2)cc1. The summed E-state index contributed by atoms with van der Waals surface area (Å²) in [7, 11) is -8.10. The van der Waals surface area contributed by atoms with Gasteiger partial charge in [-0.25, -0.2) is 13.2 Å². The van der Waals surface area contributed by atoms with Crippen LogP contribution in [0, 0.1) is 11.7 Å². The van der Waals surface area contributed by atoms with Crippen molar-refractivity contribution in [1.29, 1.82) is 4.78 Å². The molecule has 1 N–H and O–H groups in total. The maximum atomic E-state index is 12.9. The first kappa shape index (κ1) is 24.1. The molecule has 30 heavy (non-hydrogen) atoms. The van der Waals surface area contributed by atoms with Crippen molar-refractivity contribution in [2.75, 3.05) is 11.5 Å². The highest BCUT2D eigenvalue weighted by molar-refractivity contribution is 14.1. The Bertz CT molecular complexity index is 1120. The normalized spacial score (nSPS) is 24.3. The third kappa shape index (κ3) is 6.04. The van der Waals surface area contributed by atoms with Crippen molar-refractivity contribution in [1.82, 2.24) is 0 Å². The summed E-state index contributed by atoms with van der Waals surface area (Å²) in [6, 6.07) is 12.8. The van der Waals surface area contributed by atoms with Gasteiger partial charge in [0.15, 0.2) is 10.0 Å². The topological polar surface area (TPSA) is 111 Å². The van der Waals surface area contributed by atoms with Gasteiger partial charge in [-0.05, 0) is 36.8 Å². The van der Waals surface area contributed by atoms with Gasteiger partial charge >= 0.3 is 0 Å². The van der Waals surface area contributed by atoms with Crippen LogP contribution in [0.15, 0.2) is 58.3 Å². The Morgan fingerprint density at radius 2 is 1.63 bits per heavy atom. The number of nitrogens with one attached hydrogen (secondary N) is 1. The van der Waals surface area contributed by atoms with E-state index in [1.807, 2.05) is 6.92 Å². The first-order valence-corrected chi connectivity index (χ1v) is 16.0. The van der Waals surface area contributed by atoms with E-state index in [1.54, 1.807) is 36.4 Å². The third-order valence-electron chi connectivity index (χ3n) is 4.29. The lowest BCUT2D eigenvalue weighted by Crippen LogP contribution is -2.43. The van der Waals surface area contributed by atoms with Crippen molar-refractivity contribution < 1.29 is 25.2 Å². The predicted molar refractivity (Wildman–Crippen MR) is 127 cm³/mol. The van der Waals surface area contributed by atoms with Gasteiger partial charge < -0.3 is 0 Å². The molecule has 2 aromatic rings. The summed E-state index contributed by atoms with van der Waals surface area (Å²) in [5, 5.41) is 0. The second-order valence-electron chi connectivity index (χ2n) is 6.57. The van der Waals surface area contributed by atoms with Gasteiger partial charge in [-0.3, -0.25) is 8.37 Å². The monoisotopic (exact) mass is 601 g/mol. The maximum Gasteiger partial charge on any atom is 0.297 e. The number of hydrogen-bond donors (Lipinski definition) is 1. The van der Waals surface area contributed by atoms with E-state index < -0.39 is 42.2 Å². The van der Waals surface area contributed by atoms with Gasteiger partial charge in [-0.2, -0.15) is 8.42 Å². The summed E-state index contributed by atoms with van der Waals surface area (Å²) in [6.07, 6.45) is -2.08. The molecule has 3 rings (SSSR count). The standard InChI is InChI=1S/C18H20INO6S4/c1-13-2-6-16(7-3-13)30(23,24)26-17-11-27-28(21)12-18(17)25-29(20,22)15-8-4-14(10-19)5-9-15/h2-9,17-18,20H,10-12H2,1H3. The minimum atomic E-state index is -4.10. The molecule has 0 aromatic heterocycles. The van der Waals surface area contributed by atoms with E-state index >= 15 is 0 Å². The second-order valence-corrected chi connectivity index (χ2v) is 13.9. The van der Waals surface area contributed by atoms with E-state index in [1.165, 1.54) is 12.1 Å². The number of hydrogen-bond acceptors (Lipinski definition) is 8. The van der Waals surface area contributed by atoms with Gasteiger partial charge in [0.25, 0.3) is 10.1 Å². The molecule has 12 heteroatoms. The lowest BCUT2D eigenvalue weighted by Gasteiger charge is -2.29. The number of alkyl halides is 1. The highest BCUT2D eigenvalue weighted by Crippen LogP contribution is 2.29. The fourth-order valence-corrected chi connectivity index (χ4v) is 8.32. The first-order valence-electron chi connectivity index (χ1n) is 8.74. The maximum absolute atomic E-state index is 12.9. The van der Waals surface area contributed by atoms with Gasteiger partial charge in [0.1, 0.15) is 12.2 Å². The van der Waals surface area contributed by atoms with Crippen molar-refractivity contribution in [3.63, 3.8) is 0 Å². The van der Waals surface area contributed by atoms with Gasteiger partial charge in [0.05, 0.1) is 25.4 Å². The van der Waals surface area contributed by atoms with Gasteiger partial charge in [0, 0.05) is 10.2 Å². The van der Waals surface area contributed by atoms with Crippen LogP contribution in [0.4, 0.5) is 0 Å². The second kappa shape index (κ2) is 9.96. The van der Waals surface area contributed by atoms with E-state index in [9.17, 15) is 16.8 Å². The van der Waals surface area contributed by atoms with Gasteiger partial charge in [-0.15, -0.1) is 0 Å². The molecule has 4 atom stereocenters. The van der Waals surface area contributed by atoms with Gasteiger partial charge in [0.2, 0.25) is 0 Å². The lowest BCUT2D eigenvalue weighted by molar-refractivity contribution is 0.0955. The molecule has 4 unspecified atom stereocenters. The Balaban J connectivity index is 1.81. The molecule has 1 saturated heterocycles. The zero-order chi connectivity index (χ0) is 21.9. The van der Waals surface area contributed by atoms with Crippen molar-refractivity contribution in [3.05, 3.63) is 59.7 Å². The average Bonchev–Trinajstić information content (AvgIpc) is 2.70. The Morgan fingerprint density at radius 1 is 1.03 bits per heavy atom. The summed E-state index contributed by atoms with van der Waals surface area (Å²) in [5.74, 6) is -0.00782. The molecule has 1 heterocycles. The largest absolute Gasteiger partial charge is 0.297 e. The molecule has 1 aliphatic rings. The zero-order valence-corrected chi connectivity index (χ0v) is 21.3. The molecule has 0 spiro atoms. The summed E-state index contributed by atoms with van der Waals surface area (Å²) in [4.78, 5) is 0.157. The van der Waals surface area contributed by atoms with Crippen LogP contribution in [0.1, 0.15) is 11.1 Å². The zero-order valence-electron chi connectivity index (χ0n) is 15.9. The van der Waals surface area contributed by atoms with E-state index in [2.05, 4.69) is 22.6 Å². The van der Waals surface area contributed by atoms with Crippen LogP contribution in [0.5, 0.6) is 0 Å². The van der Waals surface area contributed by atoms with Crippen LogP contribution in [-0.4, -0.2) is 40.5 Å². The van der Waals surface area contributed by atoms with Crippen LogP contribution in [-0.2, 0) is 42.8 Å². The van der Waals surface area contributed by atoms with Crippen LogP contribution in [0.2, 0.25) is 0 Å². The molecule has 0 bridgehead atoms. The minimum Gasteiger partial charge on any atom is -0.274 e. The van der Waals surface area contributed by atoms with Crippen LogP contribution in [0.3, 0.4) is 0 Å². The smallest absolute Gasteiger partial charge is 0.274 e. The molecule has 1 fully saturated rings. The summed E-state index contributed by atoms with van der Waals surface area (Å²) in [5.41, 5.74) is 1.91. The number of rotatable bonds is 7. The first-order chi connectivity index (χ1) is 14.1. The minimum absolute atomic E-state index is 0.00968. The average molecular weight is 602 g/mol. The summed E-state index contributed by atoms with van der Waals surface area (Å²) < 4.78 is 70.1. The van der Waals surface area contributed by atoms with Crippen LogP contribution >= 0.6 is 33.4 Å². The van der Waals surface area contributed by atoms with Crippen molar-refractivity contribution in [2.45, 2.75) is 33.4 Å². The fraction of sp³-hybridized carbons (Fsp3) is 0.333. The predicted octanol–water partition coefficient (Wildman–Crippen LogP) is 3.82. The highest BCUT2D eigenvalue weighted by Gasteiger charge is 2.37. The summed E-state index contributed by atoms with van der Waals surface area (Å²) in [6.45, 7) is 1.84. The van der Waals surface area contributed by atoms with Gasteiger partial charge in [-0.1, -0.05) is 63.2 Å². The molecule has 0 amide bonds. The fourth-order valence-electron chi connectivity index (χ4n) is 2.63. The highest BCUT2D eigenvalue weighted by atomic mass is 127. The number of benzene rings is 2. The van der Waals surface area contributed by atoms with Crippen molar-refractivity contribution in [2.24, 2.45) is 0 Å².